The monoisotopic (exact) mass is 323 g/mol. The number of imidazole rings is 2. The summed E-state index contributed by atoms with van der Waals surface area (Å²) in [6.07, 6.45) is 2.85. The molecule has 0 aliphatic heterocycles. The van der Waals surface area contributed by atoms with Gasteiger partial charge in [-0.3, -0.25) is 18.7 Å². The molecule has 0 atom stereocenters. The molecule has 1 aromatic carbocycles. The van der Waals surface area contributed by atoms with E-state index in [-0.39, 0.29) is 0 Å². The van der Waals surface area contributed by atoms with Gasteiger partial charge in [0.2, 0.25) is 5.78 Å². The van der Waals surface area contributed by atoms with Crippen LogP contribution in [0.25, 0.3) is 28.2 Å². The number of aromatic amines is 1. The van der Waals surface area contributed by atoms with Crippen molar-refractivity contribution in [2.24, 2.45) is 7.05 Å². The van der Waals surface area contributed by atoms with E-state index in [1.807, 2.05) is 36.5 Å². The van der Waals surface area contributed by atoms with Crippen molar-refractivity contribution in [1.82, 2.24) is 23.5 Å². The van der Waals surface area contributed by atoms with Crippen LogP contribution in [-0.4, -0.2) is 23.5 Å². The highest BCUT2D eigenvalue weighted by Gasteiger charge is 2.18. The first-order chi connectivity index (χ1) is 11.6. The average molecular weight is 323 g/mol. The molecule has 24 heavy (non-hydrogen) atoms. The standard InChI is InChI=1S/C17H17N5O2/c1-3-9-21-12(11-7-5-4-6-8-11)10-22-13-14(18-16(21)22)20(2)17(24)19-15(13)23/h4-8,10H,3,9H2,1-2H3,(H,19,23,24). The van der Waals surface area contributed by atoms with Crippen LogP contribution in [0.1, 0.15) is 13.3 Å². The zero-order valence-corrected chi connectivity index (χ0v) is 13.5. The van der Waals surface area contributed by atoms with Crippen LogP contribution in [0, 0.1) is 0 Å². The third-order valence-corrected chi connectivity index (χ3v) is 4.23. The minimum absolute atomic E-state index is 0.388. The van der Waals surface area contributed by atoms with Crippen LogP contribution < -0.4 is 11.2 Å². The van der Waals surface area contributed by atoms with Gasteiger partial charge < -0.3 is 4.57 Å². The molecule has 0 saturated heterocycles. The number of hydrogen-bond donors (Lipinski definition) is 1. The lowest BCUT2D eigenvalue weighted by atomic mass is 10.2. The van der Waals surface area contributed by atoms with Crippen LogP contribution in [0.3, 0.4) is 0 Å². The van der Waals surface area contributed by atoms with Gasteiger partial charge in [-0.15, -0.1) is 0 Å². The summed E-state index contributed by atoms with van der Waals surface area (Å²) in [5, 5.41) is 0. The van der Waals surface area contributed by atoms with Crippen LogP contribution >= 0.6 is 0 Å². The van der Waals surface area contributed by atoms with Gasteiger partial charge in [-0.1, -0.05) is 37.3 Å². The van der Waals surface area contributed by atoms with Gasteiger partial charge in [0.25, 0.3) is 5.56 Å². The molecule has 1 N–H and O–H groups in total. The Kier molecular flexibility index (Phi) is 3.16. The van der Waals surface area contributed by atoms with E-state index in [9.17, 15) is 9.59 Å². The zero-order chi connectivity index (χ0) is 16.8. The smallest absolute Gasteiger partial charge is 0.310 e. The molecule has 0 aliphatic carbocycles. The molecule has 0 fully saturated rings. The van der Waals surface area contributed by atoms with Crippen molar-refractivity contribution >= 4 is 16.9 Å². The number of fused-ring (bicyclic) bond motifs is 3. The second-order valence-corrected chi connectivity index (χ2v) is 5.80. The molecule has 7 nitrogen and oxygen atoms in total. The first kappa shape index (κ1) is 14.5. The van der Waals surface area contributed by atoms with Crippen molar-refractivity contribution < 1.29 is 0 Å². The molecule has 0 radical (unpaired) electrons. The number of aryl methyl sites for hydroxylation is 2. The van der Waals surface area contributed by atoms with Crippen molar-refractivity contribution in [1.29, 1.82) is 0 Å². The van der Waals surface area contributed by atoms with Gasteiger partial charge in [0, 0.05) is 19.8 Å². The van der Waals surface area contributed by atoms with E-state index in [1.54, 1.807) is 11.4 Å². The Balaban J connectivity index is 2.14. The van der Waals surface area contributed by atoms with Gasteiger partial charge in [-0.25, -0.2) is 4.79 Å². The zero-order valence-electron chi connectivity index (χ0n) is 13.5. The summed E-state index contributed by atoms with van der Waals surface area (Å²) in [5.41, 5.74) is 1.95. The number of benzene rings is 1. The third-order valence-electron chi connectivity index (χ3n) is 4.23. The summed E-state index contributed by atoms with van der Waals surface area (Å²) in [4.78, 5) is 31.0. The van der Waals surface area contributed by atoms with E-state index in [4.69, 9.17) is 0 Å². The minimum atomic E-state index is -0.460. The van der Waals surface area contributed by atoms with Crippen LogP contribution in [0.15, 0.2) is 46.1 Å². The Labute approximate surface area is 136 Å². The largest absolute Gasteiger partial charge is 0.329 e. The third kappa shape index (κ3) is 1.94. The van der Waals surface area contributed by atoms with E-state index in [2.05, 4.69) is 21.5 Å². The van der Waals surface area contributed by atoms with Gasteiger partial charge in [0.1, 0.15) is 0 Å². The minimum Gasteiger partial charge on any atom is -0.310 e. The fourth-order valence-electron chi connectivity index (χ4n) is 3.09. The molecule has 0 bridgehead atoms. The summed E-state index contributed by atoms with van der Waals surface area (Å²) >= 11 is 0. The van der Waals surface area contributed by atoms with Crippen LogP contribution in [-0.2, 0) is 13.6 Å². The molecule has 0 amide bonds. The van der Waals surface area contributed by atoms with Gasteiger partial charge >= 0.3 is 5.69 Å². The molecule has 122 valence electrons. The SMILES string of the molecule is CCCn1c(-c2ccccc2)cn2c3c(=O)[nH]c(=O)n(C)c3nc12. The van der Waals surface area contributed by atoms with Crippen molar-refractivity contribution in [3.63, 3.8) is 0 Å². The molecule has 3 aromatic heterocycles. The Hall–Kier alpha value is -3.09. The summed E-state index contributed by atoms with van der Waals surface area (Å²) in [5.74, 6) is 0.664. The van der Waals surface area contributed by atoms with E-state index in [1.165, 1.54) is 4.57 Å². The molecular formula is C17H17N5O2. The predicted octanol–water partition coefficient (Wildman–Crippen LogP) is 1.75. The van der Waals surface area contributed by atoms with Gasteiger partial charge in [-0.2, -0.15) is 4.98 Å². The topological polar surface area (TPSA) is 77.1 Å². The molecule has 0 aliphatic rings. The molecular weight excluding hydrogens is 306 g/mol. The van der Waals surface area contributed by atoms with Gasteiger partial charge in [-0.05, 0) is 12.0 Å². The summed E-state index contributed by atoms with van der Waals surface area (Å²) < 4.78 is 5.22. The Morgan fingerprint density at radius 2 is 1.92 bits per heavy atom. The van der Waals surface area contributed by atoms with E-state index in [0.29, 0.717) is 16.9 Å². The number of nitrogens with zero attached hydrogens (tertiary/aromatic N) is 4. The van der Waals surface area contributed by atoms with E-state index >= 15 is 0 Å². The number of hydrogen-bond acceptors (Lipinski definition) is 3. The first-order valence-electron chi connectivity index (χ1n) is 7.88. The normalized spacial score (nSPS) is 11.6. The second kappa shape index (κ2) is 5.23. The quantitative estimate of drug-likeness (QED) is 0.624. The van der Waals surface area contributed by atoms with Gasteiger partial charge in [0.05, 0.1) is 5.69 Å². The fraction of sp³-hybridized carbons (Fsp3) is 0.235. The number of H-pyrrole nitrogens is 1. The number of rotatable bonds is 3. The maximum absolute atomic E-state index is 12.3. The second-order valence-electron chi connectivity index (χ2n) is 5.80. The number of nitrogens with one attached hydrogen (secondary N) is 1. The predicted molar refractivity (Wildman–Crippen MR) is 92.3 cm³/mol. The van der Waals surface area contributed by atoms with Crippen molar-refractivity contribution in [2.75, 3.05) is 0 Å². The van der Waals surface area contributed by atoms with E-state index in [0.717, 1.165) is 24.2 Å². The Morgan fingerprint density at radius 3 is 2.62 bits per heavy atom. The molecule has 4 rings (SSSR count). The first-order valence-corrected chi connectivity index (χ1v) is 7.88. The van der Waals surface area contributed by atoms with Crippen LogP contribution in [0.5, 0.6) is 0 Å². The van der Waals surface area contributed by atoms with Crippen molar-refractivity contribution in [3.8, 4) is 11.3 Å². The summed E-state index contributed by atoms with van der Waals surface area (Å²) in [6, 6.07) is 10.00. The van der Waals surface area contributed by atoms with Gasteiger partial charge in [0.15, 0.2) is 11.2 Å². The highest BCUT2D eigenvalue weighted by Crippen LogP contribution is 2.25. The number of aromatic nitrogens is 5. The van der Waals surface area contributed by atoms with Crippen LogP contribution in [0.4, 0.5) is 0 Å². The van der Waals surface area contributed by atoms with Crippen molar-refractivity contribution in [3.05, 3.63) is 57.4 Å². The molecule has 7 heteroatoms. The molecule has 3 heterocycles. The van der Waals surface area contributed by atoms with Crippen molar-refractivity contribution in [2.45, 2.75) is 19.9 Å². The maximum Gasteiger partial charge on any atom is 0.329 e. The molecule has 4 aromatic rings. The lowest BCUT2D eigenvalue weighted by Crippen LogP contribution is -2.28. The Bertz CT molecular complexity index is 1160. The highest BCUT2D eigenvalue weighted by atomic mass is 16.2. The maximum atomic E-state index is 12.3. The Morgan fingerprint density at radius 1 is 1.17 bits per heavy atom. The summed E-state index contributed by atoms with van der Waals surface area (Å²) in [6.45, 7) is 2.87. The molecule has 0 unspecified atom stereocenters. The average Bonchev–Trinajstić information content (AvgIpc) is 3.11. The highest BCUT2D eigenvalue weighted by molar-refractivity contribution is 5.77. The summed E-state index contributed by atoms with van der Waals surface area (Å²) in [7, 11) is 1.61. The lowest BCUT2D eigenvalue weighted by Gasteiger charge is -2.07. The lowest BCUT2D eigenvalue weighted by molar-refractivity contribution is 0.700. The fourth-order valence-corrected chi connectivity index (χ4v) is 3.09. The van der Waals surface area contributed by atoms with E-state index < -0.39 is 11.2 Å². The van der Waals surface area contributed by atoms with Crippen LogP contribution in [0.2, 0.25) is 0 Å². The molecule has 0 saturated carbocycles. The molecule has 0 spiro atoms.